The first kappa shape index (κ1) is 22.1. The molecule has 0 spiro atoms. The fourth-order valence-corrected chi connectivity index (χ4v) is 2.40. The first-order chi connectivity index (χ1) is 11.0. The third-order valence-corrected chi connectivity index (χ3v) is 3.92. The first-order valence-electron chi connectivity index (χ1n) is 8.91. The zero-order valence-electron chi connectivity index (χ0n) is 14.4. The Labute approximate surface area is 140 Å². The standard InChI is InChI=1S/C18H34O5/c1-2-3-7-10-15(19)13-14-17(21)16(20)11-8-5-4-6-9-12-18(22)23/h13-17,19-21H,2-12H2,1H3,(H,22,23)/b14-13+/t15-,16+,17-/m1/s1. The van der Waals surface area contributed by atoms with Crippen LogP contribution in [-0.4, -0.2) is 44.7 Å². The summed E-state index contributed by atoms with van der Waals surface area (Å²) in [5, 5.41) is 37.9. The lowest BCUT2D eigenvalue weighted by atomic mass is 10.0. The van der Waals surface area contributed by atoms with E-state index in [0.29, 0.717) is 19.3 Å². The Hall–Kier alpha value is -0.910. The van der Waals surface area contributed by atoms with Gasteiger partial charge in [-0.3, -0.25) is 4.79 Å². The molecule has 0 rings (SSSR count). The predicted molar refractivity (Wildman–Crippen MR) is 91.3 cm³/mol. The third kappa shape index (κ3) is 14.4. The lowest BCUT2D eigenvalue weighted by molar-refractivity contribution is -0.137. The number of aliphatic hydroxyl groups excluding tert-OH is 3. The second kappa shape index (κ2) is 14.7. The number of carbonyl (C=O) groups is 1. The van der Waals surface area contributed by atoms with Gasteiger partial charge >= 0.3 is 5.97 Å². The van der Waals surface area contributed by atoms with Crippen LogP contribution in [0.2, 0.25) is 0 Å². The number of carboxylic acids is 1. The molecule has 0 fully saturated rings. The summed E-state index contributed by atoms with van der Waals surface area (Å²) < 4.78 is 0. The van der Waals surface area contributed by atoms with E-state index in [1.54, 1.807) is 6.08 Å². The second-order valence-corrected chi connectivity index (χ2v) is 6.21. The number of aliphatic hydroxyl groups is 3. The number of carboxylic acid groups (broad SMARTS) is 1. The van der Waals surface area contributed by atoms with Gasteiger partial charge in [0, 0.05) is 6.42 Å². The molecule has 4 N–H and O–H groups in total. The van der Waals surface area contributed by atoms with Crippen molar-refractivity contribution in [2.45, 2.75) is 95.9 Å². The van der Waals surface area contributed by atoms with E-state index in [1.807, 2.05) is 0 Å². The fourth-order valence-electron chi connectivity index (χ4n) is 2.40. The van der Waals surface area contributed by atoms with Crippen LogP contribution in [0.4, 0.5) is 0 Å². The summed E-state index contributed by atoms with van der Waals surface area (Å²) in [6.07, 6.45) is 9.55. The molecule has 0 aromatic carbocycles. The SMILES string of the molecule is CCCCC[C@@H](O)/C=C/[C@@H](O)[C@@H](O)CCCCCCCC(=O)O. The van der Waals surface area contributed by atoms with Gasteiger partial charge in [-0.1, -0.05) is 64.0 Å². The van der Waals surface area contributed by atoms with Gasteiger partial charge in [-0.15, -0.1) is 0 Å². The Balaban J connectivity index is 3.68. The zero-order valence-corrected chi connectivity index (χ0v) is 14.4. The van der Waals surface area contributed by atoms with Gasteiger partial charge in [-0.05, 0) is 19.3 Å². The molecule has 23 heavy (non-hydrogen) atoms. The molecule has 0 aromatic heterocycles. The van der Waals surface area contributed by atoms with E-state index < -0.39 is 24.3 Å². The molecular weight excluding hydrogens is 296 g/mol. The van der Waals surface area contributed by atoms with Crippen molar-refractivity contribution in [2.24, 2.45) is 0 Å². The van der Waals surface area contributed by atoms with Crippen LogP contribution < -0.4 is 0 Å². The molecule has 0 aliphatic heterocycles. The van der Waals surface area contributed by atoms with Gasteiger partial charge in [0.15, 0.2) is 0 Å². The highest BCUT2D eigenvalue weighted by Crippen LogP contribution is 2.12. The van der Waals surface area contributed by atoms with E-state index in [9.17, 15) is 20.1 Å². The predicted octanol–water partition coefficient (Wildman–Crippen LogP) is 3.02. The molecule has 0 unspecified atom stereocenters. The van der Waals surface area contributed by atoms with Gasteiger partial charge in [0.2, 0.25) is 0 Å². The molecule has 0 radical (unpaired) electrons. The van der Waals surface area contributed by atoms with E-state index in [2.05, 4.69) is 6.92 Å². The Kier molecular flexibility index (Phi) is 14.1. The number of hydrogen-bond acceptors (Lipinski definition) is 4. The maximum Gasteiger partial charge on any atom is 0.303 e. The van der Waals surface area contributed by atoms with Crippen molar-refractivity contribution < 1.29 is 25.2 Å². The maximum atomic E-state index is 10.4. The van der Waals surface area contributed by atoms with Crippen molar-refractivity contribution in [3.8, 4) is 0 Å². The van der Waals surface area contributed by atoms with Gasteiger partial charge in [-0.25, -0.2) is 0 Å². The number of hydrogen-bond donors (Lipinski definition) is 4. The van der Waals surface area contributed by atoms with E-state index in [1.165, 1.54) is 6.08 Å². The highest BCUT2D eigenvalue weighted by atomic mass is 16.4. The highest BCUT2D eigenvalue weighted by molar-refractivity contribution is 5.66. The highest BCUT2D eigenvalue weighted by Gasteiger charge is 2.13. The van der Waals surface area contributed by atoms with Crippen LogP contribution in [-0.2, 0) is 4.79 Å². The fraction of sp³-hybridized carbons (Fsp3) is 0.833. The number of unbranched alkanes of at least 4 members (excludes halogenated alkanes) is 6. The Morgan fingerprint density at radius 2 is 1.48 bits per heavy atom. The second-order valence-electron chi connectivity index (χ2n) is 6.21. The lowest BCUT2D eigenvalue weighted by Gasteiger charge is -2.15. The zero-order chi connectivity index (χ0) is 17.5. The van der Waals surface area contributed by atoms with Crippen LogP contribution in [0.3, 0.4) is 0 Å². The van der Waals surface area contributed by atoms with Crippen molar-refractivity contribution >= 4 is 5.97 Å². The van der Waals surface area contributed by atoms with E-state index in [-0.39, 0.29) is 6.42 Å². The monoisotopic (exact) mass is 330 g/mol. The topological polar surface area (TPSA) is 98.0 Å². The van der Waals surface area contributed by atoms with E-state index in [0.717, 1.165) is 44.9 Å². The minimum absolute atomic E-state index is 0.215. The Bertz CT molecular complexity index is 317. The van der Waals surface area contributed by atoms with Crippen molar-refractivity contribution in [2.75, 3.05) is 0 Å². The molecule has 5 nitrogen and oxygen atoms in total. The van der Waals surface area contributed by atoms with Crippen LogP contribution in [0.25, 0.3) is 0 Å². The Morgan fingerprint density at radius 3 is 2.13 bits per heavy atom. The molecule has 0 saturated heterocycles. The molecule has 0 saturated carbocycles. The van der Waals surface area contributed by atoms with Gasteiger partial charge in [-0.2, -0.15) is 0 Å². The van der Waals surface area contributed by atoms with Gasteiger partial charge < -0.3 is 20.4 Å². The van der Waals surface area contributed by atoms with Crippen molar-refractivity contribution in [1.29, 1.82) is 0 Å². The average Bonchev–Trinajstić information content (AvgIpc) is 2.51. The molecule has 0 amide bonds. The van der Waals surface area contributed by atoms with Gasteiger partial charge in [0.1, 0.15) is 0 Å². The minimum atomic E-state index is -0.942. The molecule has 0 aliphatic carbocycles. The van der Waals surface area contributed by atoms with Crippen molar-refractivity contribution in [3.63, 3.8) is 0 Å². The molecule has 3 atom stereocenters. The molecular formula is C18H34O5. The Morgan fingerprint density at radius 1 is 0.870 bits per heavy atom. The van der Waals surface area contributed by atoms with Crippen LogP contribution in [0.15, 0.2) is 12.2 Å². The summed E-state index contributed by atoms with van der Waals surface area (Å²) in [4.78, 5) is 10.4. The molecule has 0 heterocycles. The summed E-state index contributed by atoms with van der Waals surface area (Å²) in [7, 11) is 0. The van der Waals surface area contributed by atoms with Crippen LogP contribution in [0.1, 0.15) is 77.6 Å². The summed E-state index contributed by atoms with van der Waals surface area (Å²) >= 11 is 0. The van der Waals surface area contributed by atoms with Crippen molar-refractivity contribution in [1.82, 2.24) is 0 Å². The smallest absolute Gasteiger partial charge is 0.303 e. The molecule has 0 aliphatic rings. The summed E-state index contributed by atoms with van der Waals surface area (Å²) in [5.74, 6) is -0.757. The molecule has 136 valence electrons. The normalized spacial score (nSPS) is 15.7. The molecule has 5 heteroatoms. The van der Waals surface area contributed by atoms with Crippen LogP contribution >= 0.6 is 0 Å². The van der Waals surface area contributed by atoms with Gasteiger partial charge in [0.25, 0.3) is 0 Å². The maximum absolute atomic E-state index is 10.4. The largest absolute Gasteiger partial charge is 0.481 e. The van der Waals surface area contributed by atoms with Crippen molar-refractivity contribution in [3.05, 3.63) is 12.2 Å². The third-order valence-electron chi connectivity index (χ3n) is 3.92. The summed E-state index contributed by atoms with van der Waals surface area (Å²) in [5.41, 5.74) is 0. The van der Waals surface area contributed by atoms with Crippen LogP contribution in [0.5, 0.6) is 0 Å². The quantitative estimate of drug-likeness (QED) is 0.273. The first-order valence-corrected chi connectivity index (χ1v) is 8.91. The van der Waals surface area contributed by atoms with Gasteiger partial charge in [0.05, 0.1) is 18.3 Å². The van der Waals surface area contributed by atoms with Crippen LogP contribution in [0, 0.1) is 0 Å². The molecule has 0 bridgehead atoms. The number of rotatable bonds is 15. The lowest BCUT2D eigenvalue weighted by Crippen LogP contribution is -2.24. The summed E-state index contributed by atoms with van der Waals surface area (Å²) in [6.45, 7) is 2.11. The number of aliphatic carboxylic acids is 1. The van der Waals surface area contributed by atoms with E-state index in [4.69, 9.17) is 5.11 Å². The van der Waals surface area contributed by atoms with E-state index >= 15 is 0 Å². The average molecular weight is 330 g/mol. The summed E-state index contributed by atoms with van der Waals surface area (Å²) in [6, 6.07) is 0. The molecule has 0 aromatic rings. The minimum Gasteiger partial charge on any atom is -0.481 e.